The highest BCUT2D eigenvalue weighted by Crippen LogP contribution is 2.34. The Morgan fingerprint density at radius 1 is 0.871 bits per heavy atom. The van der Waals surface area contributed by atoms with Crippen molar-refractivity contribution >= 4 is 28.8 Å². The summed E-state index contributed by atoms with van der Waals surface area (Å²) in [6.07, 6.45) is 0.00863. The van der Waals surface area contributed by atoms with Gasteiger partial charge in [-0.2, -0.15) is 0 Å². The zero-order valence-corrected chi connectivity index (χ0v) is 17.1. The average molecular weight is 416 g/mol. The average Bonchev–Trinajstić information content (AvgIpc) is 2.98. The molecule has 31 heavy (non-hydrogen) atoms. The smallest absolute Gasteiger partial charge is 0.282 e. The normalized spacial score (nSPS) is 13.9. The standard InChI is InChI=1S/C25H21FN2O3/c1-16(2)31-21-13-11-20(12-14-21)28-24(29)22(17-7-4-3-5-8-17)23(25(28)30)27-19-10-6-9-18(26)15-19/h3-16,27H,1-2H3. The lowest BCUT2D eigenvalue weighted by molar-refractivity contribution is -0.120. The number of nitrogens with one attached hydrogen (secondary N) is 1. The van der Waals surface area contributed by atoms with Crippen LogP contribution in [0, 0.1) is 5.82 Å². The maximum Gasteiger partial charge on any atom is 0.282 e. The number of hydrogen-bond donors (Lipinski definition) is 1. The molecule has 6 heteroatoms. The Kier molecular flexibility index (Phi) is 5.54. The summed E-state index contributed by atoms with van der Waals surface area (Å²) in [5.74, 6) is -0.758. The highest BCUT2D eigenvalue weighted by molar-refractivity contribution is 6.46. The fraction of sp³-hybridized carbons (Fsp3) is 0.120. The predicted molar refractivity (Wildman–Crippen MR) is 118 cm³/mol. The van der Waals surface area contributed by atoms with Crippen molar-refractivity contribution in [1.29, 1.82) is 0 Å². The second-order valence-corrected chi connectivity index (χ2v) is 7.36. The number of anilines is 2. The number of rotatable bonds is 6. The van der Waals surface area contributed by atoms with E-state index in [9.17, 15) is 14.0 Å². The summed E-state index contributed by atoms with van der Waals surface area (Å²) in [5, 5.41) is 2.95. The van der Waals surface area contributed by atoms with Crippen molar-refractivity contribution in [3.8, 4) is 5.75 Å². The van der Waals surface area contributed by atoms with E-state index in [1.54, 1.807) is 54.6 Å². The number of carbonyl (C=O) groups excluding carboxylic acids is 2. The summed E-state index contributed by atoms with van der Waals surface area (Å²) in [4.78, 5) is 27.8. The van der Waals surface area contributed by atoms with Crippen molar-refractivity contribution < 1.29 is 18.7 Å². The third-order valence-corrected chi connectivity index (χ3v) is 4.71. The molecule has 1 heterocycles. The minimum Gasteiger partial charge on any atom is -0.491 e. The molecule has 0 unspecified atom stereocenters. The van der Waals surface area contributed by atoms with Crippen LogP contribution in [0.15, 0.2) is 84.6 Å². The second-order valence-electron chi connectivity index (χ2n) is 7.36. The highest BCUT2D eigenvalue weighted by atomic mass is 19.1. The molecule has 0 aromatic heterocycles. The van der Waals surface area contributed by atoms with Gasteiger partial charge in [-0.25, -0.2) is 9.29 Å². The molecular weight excluding hydrogens is 395 g/mol. The number of ether oxygens (including phenoxy) is 1. The SMILES string of the molecule is CC(C)Oc1ccc(N2C(=O)C(Nc3cccc(F)c3)=C(c3ccccc3)C2=O)cc1. The molecule has 2 amide bonds. The van der Waals surface area contributed by atoms with E-state index in [1.165, 1.54) is 18.2 Å². The van der Waals surface area contributed by atoms with Crippen LogP contribution >= 0.6 is 0 Å². The third-order valence-electron chi connectivity index (χ3n) is 4.71. The number of nitrogens with zero attached hydrogens (tertiary/aromatic N) is 1. The molecule has 0 saturated carbocycles. The number of benzene rings is 3. The molecular formula is C25H21FN2O3. The van der Waals surface area contributed by atoms with Crippen LogP contribution in [0.4, 0.5) is 15.8 Å². The molecule has 3 aromatic rings. The minimum absolute atomic E-state index is 0.00863. The Bertz CT molecular complexity index is 1150. The summed E-state index contributed by atoms with van der Waals surface area (Å²) in [6, 6.07) is 21.5. The predicted octanol–water partition coefficient (Wildman–Crippen LogP) is 5.01. The number of carbonyl (C=O) groups is 2. The molecule has 4 rings (SSSR count). The van der Waals surface area contributed by atoms with Gasteiger partial charge >= 0.3 is 0 Å². The number of halogens is 1. The van der Waals surface area contributed by atoms with Crippen molar-refractivity contribution in [3.63, 3.8) is 0 Å². The van der Waals surface area contributed by atoms with E-state index in [-0.39, 0.29) is 17.4 Å². The Morgan fingerprint density at radius 2 is 1.58 bits per heavy atom. The van der Waals surface area contributed by atoms with Gasteiger partial charge in [0.05, 0.1) is 17.4 Å². The van der Waals surface area contributed by atoms with Gasteiger partial charge in [0.2, 0.25) is 0 Å². The van der Waals surface area contributed by atoms with Crippen LogP contribution < -0.4 is 15.0 Å². The van der Waals surface area contributed by atoms with Crippen molar-refractivity contribution in [2.24, 2.45) is 0 Å². The second kappa shape index (κ2) is 8.44. The van der Waals surface area contributed by atoms with Crippen molar-refractivity contribution in [2.45, 2.75) is 20.0 Å². The summed E-state index contributed by atoms with van der Waals surface area (Å²) in [7, 11) is 0. The van der Waals surface area contributed by atoms with E-state index in [2.05, 4.69) is 5.32 Å². The number of hydrogen-bond acceptors (Lipinski definition) is 4. The van der Waals surface area contributed by atoms with E-state index >= 15 is 0 Å². The molecule has 0 spiro atoms. The van der Waals surface area contributed by atoms with E-state index in [1.807, 2.05) is 19.9 Å². The number of imide groups is 1. The maximum absolute atomic E-state index is 13.7. The first kappa shape index (κ1) is 20.3. The third kappa shape index (κ3) is 4.19. The topological polar surface area (TPSA) is 58.6 Å². The molecule has 1 aliphatic rings. The van der Waals surface area contributed by atoms with Gasteiger partial charge in [-0.15, -0.1) is 0 Å². The van der Waals surface area contributed by atoms with Crippen LogP contribution in [0.5, 0.6) is 5.75 Å². The van der Waals surface area contributed by atoms with Gasteiger partial charge in [-0.05, 0) is 61.9 Å². The molecule has 0 bridgehead atoms. The van der Waals surface area contributed by atoms with E-state index in [0.717, 1.165) is 4.90 Å². The highest BCUT2D eigenvalue weighted by Gasteiger charge is 2.40. The van der Waals surface area contributed by atoms with Crippen molar-refractivity contribution in [2.75, 3.05) is 10.2 Å². The lowest BCUT2D eigenvalue weighted by Crippen LogP contribution is -2.32. The van der Waals surface area contributed by atoms with E-state index < -0.39 is 17.6 Å². The van der Waals surface area contributed by atoms with Crippen LogP contribution in [0.3, 0.4) is 0 Å². The quantitative estimate of drug-likeness (QED) is 0.574. The Balaban J connectivity index is 1.73. The number of amides is 2. The van der Waals surface area contributed by atoms with Crippen molar-refractivity contribution in [3.05, 3.63) is 95.9 Å². The van der Waals surface area contributed by atoms with Crippen LogP contribution in [-0.2, 0) is 9.59 Å². The molecule has 5 nitrogen and oxygen atoms in total. The Morgan fingerprint density at radius 3 is 2.23 bits per heavy atom. The van der Waals surface area contributed by atoms with Crippen molar-refractivity contribution in [1.82, 2.24) is 0 Å². The van der Waals surface area contributed by atoms with Gasteiger partial charge in [-0.3, -0.25) is 9.59 Å². The molecule has 156 valence electrons. The Hall–Kier alpha value is -3.93. The lowest BCUT2D eigenvalue weighted by atomic mass is 10.0. The van der Waals surface area contributed by atoms with Gasteiger partial charge in [0.1, 0.15) is 17.3 Å². The minimum atomic E-state index is -0.509. The molecule has 1 N–H and O–H groups in total. The van der Waals surface area contributed by atoms with Crippen LogP contribution in [0.2, 0.25) is 0 Å². The first-order valence-electron chi connectivity index (χ1n) is 9.92. The van der Waals surface area contributed by atoms with E-state index in [4.69, 9.17) is 4.74 Å². The van der Waals surface area contributed by atoms with Gasteiger partial charge in [0.15, 0.2) is 0 Å². The zero-order valence-electron chi connectivity index (χ0n) is 17.1. The largest absolute Gasteiger partial charge is 0.491 e. The molecule has 0 radical (unpaired) electrons. The first-order valence-corrected chi connectivity index (χ1v) is 9.92. The van der Waals surface area contributed by atoms with Gasteiger partial charge in [-0.1, -0.05) is 36.4 Å². The summed E-state index contributed by atoms with van der Waals surface area (Å²) in [5.41, 5.74) is 1.74. The first-order chi connectivity index (χ1) is 14.9. The van der Waals surface area contributed by atoms with Gasteiger partial charge in [0.25, 0.3) is 11.8 Å². The molecule has 0 fully saturated rings. The monoisotopic (exact) mass is 416 g/mol. The van der Waals surface area contributed by atoms with Crippen LogP contribution in [-0.4, -0.2) is 17.9 Å². The van der Waals surface area contributed by atoms with Crippen LogP contribution in [0.1, 0.15) is 19.4 Å². The summed E-state index contributed by atoms with van der Waals surface area (Å²) >= 11 is 0. The van der Waals surface area contributed by atoms with E-state index in [0.29, 0.717) is 22.7 Å². The van der Waals surface area contributed by atoms with Gasteiger partial charge < -0.3 is 10.1 Å². The zero-order chi connectivity index (χ0) is 22.0. The lowest BCUT2D eigenvalue weighted by Gasteiger charge is -2.17. The summed E-state index contributed by atoms with van der Waals surface area (Å²) in [6.45, 7) is 3.84. The summed E-state index contributed by atoms with van der Waals surface area (Å²) < 4.78 is 19.3. The fourth-order valence-electron chi connectivity index (χ4n) is 3.41. The molecule has 0 saturated heterocycles. The maximum atomic E-state index is 13.7. The molecule has 0 atom stereocenters. The molecule has 3 aromatic carbocycles. The fourth-order valence-corrected chi connectivity index (χ4v) is 3.41. The van der Waals surface area contributed by atoms with Crippen LogP contribution in [0.25, 0.3) is 5.57 Å². The van der Waals surface area contributed by atoms with Gasteiger partial charge in [0, 0.05) is 5.69 Å². The molecule has 0 aliphatic carbocycles. The Labute approximate surface area is 179 Å². The molecule has 1 aliphatic heterocycles.